The van der Waals surface area contributed by atoms with Gasteiger partial charge in [-0.1, -0.05) is 66.2 Å². The number of carbonyl (C=O) groups excluding carboxylic acids is 2. The van der Waals surface area contributed by atoms with E-state index in [0.29, 0.717) is 35.3 Å². The standard InChI is InChI=1S/C30H26ClFN4O2S/c31-23-13-4-5-14-24(23)36-30-27(28(33-36)20-9-2-1-3-10-20)29(21-11-8-12-22(32)17-21)39-19-26(38)35(30)18-25(37)34-15-6-7-16-34/h1-5,8-14,17,29H,6-7,15-16,18-19H2. The lowest BCUT2D eigenvalue weighted by Crippen LogP contribution is -2.43. The summed E-state index contributed by atoms with van der Waals surface area (Å²) in [6.07, 6.45) is 1.91. The third-order valence-electron chi connectivity index (χ3n) is 7.12. The summed E-state index contributed by atoms with van der Waals surface area (Å²) in [6, 6.07) is 23.4. The molecule has 4 aromatic rings. The highest BCUT2D eigenvalue weighted by molar-refractivity contribution is 8.00. The quantitative estimate of drug-likeness (QED) is 0.295. The summed E-state index contributed by atoms with van der Waals surface area (Å²) in [5, 5.41) is 5.08. The van der Waals surface area contributed by atoms with Crippen LogP contribution in [0.3, 0.4) is 0 Å². The van der Waals surface area contributed by atoms with Crippen LogP contribution in [-0.4, -0.2) is 51.9 Å². The Labute approximate surface area is 235 Å². The molecule has 0 radical (unpaired) electrons. The number of thioether (sulfide) groups is 1. The minimum atomic E-state index is -0.405. The number of likely N-dealkylation sites (tertiary alicyclic amines) is 1. The molecule has 2 aliphatic heterocycles. The molecule has 6 rings (SSSR count). The van der Waals surface area contributed by atoms with Crippen molar-refractivity contribution in [2.75, 3.05) is 30.3 Å². The highest BCUT2D eigenvalue weighted by atomic mass is 35.5. The number of para-hydroxylation sites is 1. The Morgan fingerprint density at radius 1 is 1.00 bits per heavy atom. The fourth-order valence-corrected chi connectivity index (χ4v) is 6.66. The van der Waals surface area contributed by atoms with Gasteiger partial charge in [-0.2, -0.15) is 5.10 Å². The topological polar surface area (TPSA) is 58.4 Å². The van der Waals surface area contributed by atoms with Gasteiger partial charge in [0.2, 0.25) is 11.8 Å². The summed E-state index contributed by atoms with van der Waals surface area (Å²) >= 11 is 8.08. The van der Waals surface area contributed by atoms with Crippen molar-refractivity contribution in [1.82, 2.24) is 14.7 Å². The van der Waals surface area contributed by atoms with E-state index in [1.807, 2.05) is 59.5 Å². The molecule has 2 aliphatic rings. The second kappa shape index (κ2) is 10.9. The van der Waals surface area contributed by atoms with Gasteiger partial charge in [0.25, 0.3) is 0 Å². The molecule has 9 heteroatoms. The number of hydrogen-bond acceptors (Lipinski definition) is 4. The van der Waals surface area contributed by atoms with E-state index < -0.39 is 5.25 Å². The van der Waals surface area contributed by atoms with Crippen LogP contribution in [0.15, 0.2) is 78.9 Å². The van der Waals surface area contributed by atoms with Gasteiger partial charge >= 0.3 is 0 Å². The number of anilines is 1. The normalized spacial score (nSPS) is 17.3. The van der Waals surface area contributed by atoms with Crippen LogP contribution >= 0.6 is 23.4 Å². The molecule has 0 bridgehead atoms. The summed E-state index contributed by atoms with van der Waals surface area (Å²) in [5.74, 6) is -0.0561. The number of fused-ring (bicyclic) bond motifs is 1. The van der Waals surface area contributed by atoms with E-state index in [-0.39, 0.29) is 29.9 Å². The van der Waals surface area contributed by atoms with Gasteiger partial charge < -0.3 is 4.90 Å². The van der Waals surface area contributed by atoms with Crippen molar-refractivity contribution >= 4 is 41.0 Å². The molecule has 6 nitrogen and oxygen atoms in total. The fourth-order valence-electron chi connectivity index (χ4n) is 5.25. The third-order valence-corrected chi connectivity index (χ3v) is 8.69. The lowest BCUT2D eigenvalue weighted by atomic mass is 9.99. The Morgan fingerprint density at radius 2 is 1.74 bits per heavy atom. The molecule has 0 aliphatic carbocycles. The molecule has 0 spiro atoms. The molecule has 198 valence electrons. The Bertz CT molecular complexity index is 1540. The maximum atomic E-state index is 14.5. The molecule has 0 N–H and O–H groups in total. The molecule has 1 fully saturated rings. The van der Waals surface area contributed by atoms with Crippen molar-refractivity contribution in [2.24, 2.45) is 0 Å². The lowest BCUT2D eigenvalue weighted by molar-refractivity contribution is -0.130. The average molecular weight is 561 g/mol. The smallest absolute Gasteiger partial charge is 0.242 e. The molecule has 1 saturated heterocycles. The van der Waals surface area contributed by atoms with Crippen LogP contribution in [-0.2, 0) is 9.59 Å². The van der Waals surface area contributed by atoms with Crippen LogP contribution in [0, 0.1) is 5.82 Å². The van der Waals surface area contributed by atoms with Gasteiger partial charge in [-0.25, -0.2) is 9.07 Å². The van der Waals surface area contributed by atoms with Gasteiger partial charge in [-0.05, 0) is 42.7 Å². The summed E-state index contributed by atoms with van der Waals surface area (Å²) < 4.78 is 16.1. The molecule has 2 amide bonds. The molecular weight excluding hydrogens is 535 g/mol. The van der Waals surface area contributed by atoms with E-state index in [1.54, 1.807) is 21.7 Å². The van der Waals surface area contributed by atoms with E-state index in [1.165, 1.54) is 23.9 Å². The molecular formula is C30H26ClFN4O2S. The lowest BCUT2D eigenvalue weighted by Gasteiger charge is -2.25. The second-order valence-corrected chi connectivity index (χ2v) is 11.1. The molecule has 1 unspecified atom stereocenters. The van der Waals surface area contributed by atoms with Gasteiger partial charge in [0.05, 0.1) is 27.4 Å². The van der Waals surface area contributed by atoms with E-state index in [0.717, 1.165) is 29.5 Å². The summed E-state index contributed by atoms with van der Waals surface area (Å²) in [5.41, 5.74) is 3.56. The van der Waals surface area contributed by atoms with Gasteiger partial charge in [0.15, 0.2) is 0 Å². The van der Waals surface area contributed by atoms with Crippen LogP contribution in [0.4, 0.5) is 10.2 Å². The Hall–Kier alpha value is -3.62. The number of amides is 2. The van der Waals surface area contributed by atoms with Crippen molar-refractivity contribution < 1.29 is 14.0 Å². The first-order valence-electron chi connectivity index (χ1n) is 12.9. The van der Waals surface area contributed by atoms with Crippen molar-refractivity contribution in [3.8, 4) is 16.9 Å². The van der Waals surface area contributed by atoms with Crippen LogP contribution in [0.25, 0.3) is 16.9 Å². The van der Waals surface area contributed by atoms with Crippen molar-refractivity contribution in [1.29, 1.82) is 0 Å². The minimum absolute atomic E-state index is 0.103. The van der Waals surface area contributed by atoms with Crippen molar-refractivity contribution in [2.45, 2.75) is 18.1 Å². The molecule has 1 aromatic heterocycles. The van der Waals surface area contributed by atoms with Crippen molar-refractivity contribution in [3.63, 3.8) is 0 Å². The fraction of sp³-hybridized carbons (Fsp3) is 0.233. The largest absolute Gasteiger partial charge is 0.341 e. The zero-order valence-corrected chi connectivity index (χ0v) is 22.7. The highest BCUT2D eigenvalue weighted by Gasteiger charge is 2.38. The molecule has 1 atom stereocenters. The zero-order valence-electron chi connectivity index (χ0n) is 21.1. The first-order valence-corrected chi connectivity index (χ1v) is 14.3. The minimum Gasteiger partial charge on any atom is -0.341 e. The van der Waals surface area contributed by atoms with Crippen LogP contribution in [0.5, 0.6) is 0 Å². The van der Waals surface area contributed by atoms with Crippen molar-refractivity contribution in [3.05, 3.63) is 101 Å². The maximum absolute atomic E-state index is 14.5. The number of hydrogen-bond donors (Lipinski definition) is 0. The Kier molecular flexibility index (Phi) is 7.14. The number of benzene rings is 3. The van der Waals surface area contributed by atoms with Gasteiger partial charge in [0, 0.05) is 24.2 Å². The van der Waals surface area contributed by atoms with Crippen LogP contribution in [0.1, 0.15) is 29.2 Å². The number of halogens is 2. The number of nitrogens with zero attached hydrogens (tertiary/aromatic N) is 4. The zero-order chi connectivity index (χ0) is 26.9. The highest BCUT2D eigenvalue weighted by Crippen LogP contribution is 2.49. The molecule has 3 heterocycles. The Morgan fingerprint density at radius 3 is 2.49 bits per heavy atom. The van der Waals surface area contributed by atoms with Gasteiger partial charge in [0.1, 0.15) is 18.2 Å². The first kappa shape index (κ1) is 25.6. The number of rotatable bonds is 5. The predicted molar refractivity (Wildman–Crippen MR) is 153 cm³/mol. The van der Waals surface area contributed by atoms with Crippen LogP contribution in [0.2, 0.25) is 5.02 Å². The summed E-state index contributed by atoms with van der Waals surface area (Å²) in [7, 11) is 0. The SMILES string of the molecule is O=C(CN1C(=O)CSC(c2cccc(F)c2)c2c(-c3ccccc3)nn(-c3ccccc3Cl)c21)N1CCCC1. The number of aromatic nitrogens is 2. The van der Waals surface area contributed by atoms with Crippen LogP contribution < -0.4 is 4.90 Å². The summed E-state index contributed by atoms with van der Waals surface area (Å²) in [4.78, 5) is 30.5. The number of carbonyl (C=O) groups is 2. The second-order valence-electron chi connectivity index (χ2n) is 9.63. The van der Waals surface area contributed by atoms with E-state index >= 15 is 0 Å². The summed E-state index contributed by atoms with van der Waals surface area (Å²) in [6.45, 7) is 1.27. The molecule has 3 aromatic carbocycles. The average Bonchev–Trinajstić information content (AvgIpc) is 3.59. The first-order chi connectivity index (χ1) is 19.0. The predicted octanol–water partition coefficient (Wildman–Crippen LogP) is 6.12. The molecule has 0 saturated carbocycles. The van der Waals surface area contributed by atoms with Gasteiger partial charge in [-0.15, -0.1) is 11.8 Å². The van der Waals surface area contributed by atoms with E-state index in [2.05, 4.69) is 0 Å². The maximum Gasteiger partial charge on any atom is 0.242 e. The Balaban J connectivity index is 1.62. The van der Waals surface area contributed by atoms with Gasteiger partial charge in [-0.3, -0.25) is 14.5 Å². The van der Waals surface area contributed by atoms with E-state index in [4.69, 9.17) is 16.7 Å². The third kappa shape index (κ3) is 4.94. The molecule has 39 heavy (non-hydrogen) atoms. The van der Waals surface area contributed by atoms with E-state index in [9.17, 15) is 14.0 Å². The monoisotopic (exact) mass is 560 g/mol.